The van der Waals surface area contributed by atoms with Crippen LogP contribution in [-0.2, 0) is 6.54 Å². The molecule has 0 aliphatic heterocycles. The number of carbonyl (C=O) groups is 1. The van der Waals surface area contributed by atoms with Gasteiger partial charge < -0.3 is 5.73 Å². The highest BCUT2D eigenvalue weighted by Crippen LogP contribution is 2.20. The fourth-order valence-corrected chi connectivity index (χ4v) is 2.69. The Balaban J connectivity index is 1.89. The number of pyridine rings is 1. The Hall–Kier alpha value is -2.40. The molecule has 3 rings (SSSR count). The maximum Gasteiger partial charge on any atom is 0.168 e. The fraction of sp³-hybridized carbons (Fsp3) is 0.235. The first kappa shape index (κ1) is 15.5. The van der Waals surface area contributed by atoms with E-state index < -0.39 is 0 Å². The van der Waals surface area contributed by atoms with Crippen LogP contribution in [0.5, 0.6) is 0 Å². The van der Waals surface area contributed by atoms with E-state index in [0.717, 1.165) is 22.9 Å². The number of ketones is 1. The molecule has 5 nitrogen and oxygen atoms in total. The van der Waals surface area contributed by atoms with Crippen LogP contribution < -0.4 is 5.73 Å². The van der Waals surface area contributed by atoms with Crippen molar-refractivity contribution >= 4 is 34.1 Å². The third-order valence-electron chi connectivity index (χ3n) is 3.70. The first-order valence-corrected chi connectivity index (χ1v) is 7.85. The topological polar surface area (TPSA) is 73.8 Å². The number of fused-ring (bicyclic) bond motifs is 1. The van der Waals surface area contributed by atoms with E-state index >= 15 is 0 Å². The molecule has 0 amide bonds. The first-order valence-electron chi connectivity index (χ1n) is 7.47. The normalized spacial score (nSPS) is 11.0. The minimum atomic E-state index is 0.0331. The number of nitrogens with zero attached hydrogens (tertiary/aromatic N) is 3. The van der Waals surface area contributed by atoms with Gasteiger partial charge in [0.2, 0.25) is 0 Å². The Morgan fingerprint density at radius 1 is 1.30 bits per heavy atom. The van der Waals surface area contributed by atoms with Gasteiger partial charge in [-0.25, -0.2) is 4.68 Å². The van der Waals surface area contributed by atoms with Gasteiger partial charge in [0.05, 0.1) is 28.8 Å². The minimum Gasteiger partial charge on any atom is -0.383 e. The predicted octanol–water partition coefficient (Wildman–Crippen LogP) is 3.70. The molecule has 0 fully saturated rings. The van der Waals surface area contributed by atoms with Gasteiger partial charge >= 0.3 is 0 Å². The summed E-state index contributed by atoms with van der Waals surface area (Å²) in [4.78, 5) is 16.3. The number of aromatic nitrogens is 3. The number of hydrogen-bond acceptors (Lipinski definition) is 4. The van der Waals surface area contributed by atoms with Crippen LogP contribution in [0.15, 0.2) is 36.7 Å². The second-order valence-electron chi connectivity index (χ2n) is 5.45. The molecule has 0 aliphatic rings. The van der Waals surface area contributed by atoms with E-state index in [4.69, 9.17) is 17.3 Å². The van der Waals surface area contributed by atoms with Gasteiger partial charge in [-0.05, 0) is 30.2 Å². The average Bonchev–Trinajstić information content (AvgIpc) is 2.88. The molecule has 0 radical (unpaired) electrons. The average molecular weight is 329 g/mol. The summed E-state index contributed by atoms with van der Waals surface area (Å²) in [5.74, 6) is 0.443. The summed E-state index contributed by atoms with van der Waals surface area (Å²) in [5.41, 5.74) is 8.46. The van der Waals surface area contributed by atoms with Crippen LogP contribution in [0.1, 0.15) is 35.7 Å². The van der Waals surface area contributed by atoms with E-state index in [1.807, 2.05) is 31.2 Å². The van der Waals surface area contributed by atoms with Gasteiger partial charge in [0, 0.05) is 18.0 Å². The van der Waals surface area contributed by atoms with Crippen LogP contribution in [0.25, 0.3) is 10.9 Å². The molecule has 0 saturated heterocycles. The number of anilines is 1. The highest BCUT2D eigenvalue weighted by molar-refractivity contribution is 6.31. The zero-order valence-electron chi connectivity index (χ0n) is 12.8. The highest BCUT2D eigenvalue weighted by Gasteiger charge is 2.14. The van der Waals surface area contributed by atoms with Gasteiger partial charge in [0.1, 0.15) is 5.82 Å². The van der Waals surface area contributed by atoms with Gasteiger partial charge in [-0.3, -0.25) is 9.78 Å². The van der Waals surface area contributed by atoms with Gasteiger partial charge in [-0.2, -0.15) is 5.10 Å². The van der Waals surface area contributed by atoms with Gasteiger partial charge in [-0.15, -0.1) is 0 Å². The molecule has 6 heteroatoms. The largest absolute Gasteiger partial charge is 0.383 e. The van der Waals surface area contributed by atoms with E-state index in [-0.39, 0.29) is 5.78 Å². The summed E-state index contributed by atoms with van der Waals surface area (Å²) in [6.07, 6.45) is 4.45. The van der Waals surface area contributed by atoms with Gasteiger partial charge in [0.25, 0.3) is 0 Å². The van der Waals surface area contributed by atoms with Crippen molar-refractivity contribution in [2.45, 2.75) is 26.3 Å². The van der Waals surface area contributed by atoms with Crippen molar-refractivity contribution in [1.82, 2.24) is 14.8 Å². The molecule has 1 aromatic carbocycles. The molecule has 0 saturated carbocycles. The maximum atomic E-state index is 12.0. The number of carbonyl (C=O) groups excluding carboxylic acids is 1. The Bertz CT molecular complexity index is 872. The van der Waals surface area contributed by atoms with Gasteiger partial charge in [0.15, 0.2) is 5.78 Å². The molecule has 2 aromatic heterocycles. The molecule has 0 bridgehead atoms. The van der Waals surface area contributed by atoms with Crippen LogP contribution in [0.4, 0.5) is 5.82 Å². The number of benzene rings is 1. The summed E-state index contributed by atoms with van der Waals surface area (Å²) in [6, 6.07) is 7.78. The lowest BCUT2D eigenvalue weighted by Gasteiger charge is -2.07. The lowest BCUT2D eigenvalue weighted by molar-refractivity contribution is 0.0982. The Morgan fingerprint density at radius 2 is 2.13 bits per heavy atom. The van der Waals surface area contributed by atoms with Crippen LogP contribution >= 0.6 is 11.6 Å². The number of rotatable bonds is 5. The van der Waals surface area contributed by atoms with Crippen molar-refractivity contribution in [3.8, 4) is 0 Å². The number of nitrogen functional groups attached to an aromatic ring is 1. The monoisotopic (exact) mass is 328 g/mol. The van der Waals surface area contributed by atoms with E-state index in [1.54, 1.807) is 17.1 Å². The highest BCUT2D eigenvalue weighted by atomic mass is 35.5. The van der Waals surface area contributed by atoms with E-state index in [0.29, 0.717) is 29.4 Å². The zero-order valence-corrected chi connectivity index (χ0v) is 13.5. The van der Waals surface area contributed by atoms with Crippen LogP contribution in [0.3, 0.4) is 0 Å². The summed E-state index contributed by atoms with van der Waals surface area (Å²) in [5, 5.41) is 5.80. The van der Waals surface area contributed by atoms with Crippen molar-refractivity contribution in [2.24, 2.45) is 0 Å². The lowest BCUT2D eigenvalue weighted by Crippen LogP contribution is -2.08. The molecule has 0 unspecified atom stereocenters. The van der Waals surface area contributed by atoms with E-state index in [2.05, 4.69) is 10.1 Å². The third-order valence-corrected chi connectivity index (χ3v) is 3.91. The quantitative estimate of drug-likeness (QED) is 0.725. The Morgan fingerprint density at radius 3 is 2.91 bits per heavy atom. The maximum absolute atomic E-state index is 12.0. The van der Waals surface area contributed by atoms with Gasteiger partial charge in [-0.1, -0.05) is 24.6 Å². The van der Waals surface area contributed by atoms with Crippen molar-refractivity contribution in [2.75, 3.05) is 5.73 Å². The van der Waals surface area contributed by atoms with E-state index in [1.165, 1.54) is 0 Å². The summed E-state index contributed by atoms with van der Waals surface area (Å²) >= 11 is 5.99. The smallest absolute Gasteiger partial charge is 0.168 e. The number of nitrogens with two attached hydrogens (primary N) is 1. The Labute approximate surface area is 139 Å². The van der Waals surface area contributed by atoms with Crippen molar-refractivity contribution < 1.29 is 4.79 Å². The SMILES string of the molecule is CCCC(=O)c1cnn(Cc2ccc3ncc(Cl)cc3c2)c1N. The van der Waals surface area contributed by atoms with Crippen molar-refractivity contribution in [1.29, 1.82) is 0 Å². The summed E-state index contributed by atoms with van der Waals surface area (Å²) < 4.78 is 1.64. The molecule has 118 valence electrons. The van der Waals surface area contributed by atoms with Crippen LogP contribution in [-0.4, -0.2) is 20.5 Å². The standard InChI is InChI=1S/C17H17ClN4O/c1-2-3-16(23)14-9-21-22(17(14)19)10-11-4-5-15-12(6-11)7-13(18)8-20-15/h4-9H,2-3,10,19H2,1H3. The second kappa shape index (κ2) is 6.38. The molecular formula is C17H17ClN4O. The predicted molar refractivity (Wildman–Crippen MR) is 91.7 cm³/mol. The second-order valence-corrected chi connectivity index (χ2v) is 5.89. The first-order chi connectivity index (χ1) is 11.1. The number of hydrogen-bond donors (Lipinski definition) is 1. The molecule has 3 aromatic rings. The molecule has 2 N–H and O–H groups in total. The summed E-state index contributed by atoms with van der Waals surface area (Å²) in [6.45, 7) is 2.46. The van der Waals surface area contributed by atoms with E-state index in [9.17, 15) is 4.79 Å². The molecular weight excluding hydrogens is 312 g/mol. The van der Waals surface area contributed by atoms with Crippen molar-refractivity contribution in [3.63, 3.8) is 0 Å². The van der Waals surface area contributed by atoms with Crippen LogP contribution in [0, 0.1) is 0 Å². The summed E-state index contributed by atoms with van der Waals surface area (Å²) in [7, 11) is 0. The van der Waals surface area contributed by atoms with Crippen LogP contribution in [0.2, 0.25) is 5.02 Å². The molecule has 23 heavy (non-hydrogen) atoms. The minimum absolute atomic E-state index is 0.0331. The Kier molecular flexibility index (Phi) is 4.30. The van der Waals surface area contributed by atoms with Crippen molar-refractivity contribution in [3.05, 3.63) is 52.8 Å². The molecule has 0 aliphatic carbocycles. The number of Topliss-reactive ketones (excluding diaryl/α,β-unsaturated/α-hetero) is 1. The fourth-order valence-electron chi connectivity index (χ4n) is 2.52. The zero-order chi connectivity index (χ0) is 16.4. The molecule has 2 heterocycles. The molecule has 0 atom stereocenters. The third kappa shape index (κ3) is 3.19. The number of halogens is 1. The molecule has 0 spiro atoms. The lowest BCUT2D eigenvalue weighted by atomic mass is 10.1.